The van der Waals surface area contributed by atoms with Crippen molar-refractivity contribution in [1.82, 2.24) is 5.32 Å². The minimum Gasteiger partial charge on any atom is -0.337 e. The van der Waals surface area contributed by atoms with E-state index in [0.29, 0.717) is 17.1 Å². The normalized spacial score (nSPS) is 12.3. The van der Waals surface area contributed by atoms with Crippen molar-refractivity contribution in [2.45, 2.75) is 37.3 Å². The molecular weight excluding hydrogens is 466 g/mol. The Morgan fingerprint density at radius 1 is 1.11 bits per heavy atom. The fourth-order valence-electron chi connectivity index (χ4n) is 2.87. The predicted molar refractivity (Wildman–Crippen MR) is 115 cm³/mol. The van der Waals surface area contributed by atoms with Gasteiger partial charge in [-0.2, -0.15) is 0 Å². The fraction of sp³-hybridized carbons (Fsp3) is 0.400. The molecule has 0 bridgehead atoms. The molecule has 0 fully saturated rings. The molecule has 154 valence electrons. The summed E-state index contributed by atoms with van der Waals surface area (Å²) in [5.74, 6) is 0. The third-order valence-corrected chi connectivity index (χ3v) is 7.63. The third kappa shape index (κ3) is 5.14. The van der Waals surface area contributed by atoms with Crippen molar-refractivity contribution in [2.24, 2.45) is 0 Å². The highest BCUT2D eigenvalue weighted by atomic mass is 79.9. The second-order valence-corrected chi connectivity index (χ2v) is 9.50. The van der Waals surface area contributed by atoms with Crippen LogP contribution in [-0.4, -0.2) is 33.3 Å². The summed E-state index contributed by atoms with van der Waals surface area (Å²) in [6.45, 7) is 6.05. The Kier molecular flexibility index (Phi) is 8.48. The monoisotopic (exact) mass is 489 g/mol. The van der Waals surface area contributed by atoms with Crippen LogP contribution in [0.2, 0.25) is 5.02 Å². The summed E-state index contributed by atoms with van der Waals surface area (Å²) in [7, 11) is -3.92. The van der Waals surface area contributed by atoms with Gasteiger partial charge in [0.1, 0.15) is 0 Å². The van der Waals surface area contributed by atoms with Crippen LogP contribution in [0.3, 0.4) is 0 Å². The lowest BCUT2D eigenvalue weighted by Gasteiger charge is -2.33. The van der Waals surface area contributed by atoms with Crippen molar-refractivity contribution in [2.75, 3.05) is 19.8 Å². The number of nitrogens with one attached hydrogen (secondary N) is 1. The van der Waals surface area contributed by atoms with Gasteiger partial charge in [-0.3, -0.25) is 0 Å². The van der Waals surface area contributed by atoms with Crippen LogP contribution >= 0.6 is 27.5 Å². The van der Waals surface area contributed by atoms with E-state index in [1.165, 1.54) is 0 Å². The Balaban J connectivity index is 2.32. The Labute approximate surface area is 180 Å². The van der Waals surface area contributed by atoms with E-state index in [1.807, 2.05) is 12.1 Å². The smallest absolute Gasteiger partial charge is 0.291 e. The van der Waals surface area contributed by atoms with Crippen LogP contribution in [0.15, 0.2) is 51.8 Å². The first-order chi connectivity index (χ1) is 13.3. The molecule has 0 aliphatic heterocycles. The maximum absolute atomic E-state index is 13.5. The molecule has 0 amide bonds. The topological polar surface area (TPSA) is 64.6 Å². The quantitative estimate of drug-likeness (QED) is 0.489. The van der Waals surface area contributed by atoms with Gasteiger partial charge in [0.25, 0.3) is 5.12 Å². The molecule has 2 aromatic rings. The average Bonchev–Trinajstić information content (AvgIpc) is 2.65. The number of ether oxygens (including phenoxy) is 2. The lowest BCUT2D eigenvalue weighted by molar-refractivity contribution is -0.169. The van der Waals surface area contributed by atoms with Crippen molar-refractivity contribution in [3.63, 3.8) is 0 Å². The van der Waals surface area contributed by atoms with E-state index < -0.39 is 15.0 Å². The van der Waals surface area contributed by atoms with E-state index in [1.54, 1.807) is 51.1 Å². The van der Waals surface area contributed by atoms with Gasteiger partial charge in [-0.05, 0) is 66.0 Å². The zero-order valence-corrected chi connectivity index (χ0v) is 19.3. The van der Waals surface area contributed by atoms with Crippen LogP contribution < -0.4 is 5.32 Å². The van der Waals surface area contributed by atoms with Crippen LogP contribution in [0.1, 0.15) is 25.0 Å². The largest absolute Gasteiger partial charge is 0.337 e. The van der Waals surface area contributed by atoms with Gasteiger partial charge in [0.05, 0.1) is 16.5 Å². The Hall–Kier alpha value is -0.960. The van der Waals surface area contributed by atoms with Gasteiger partial charge in [-0.1, -0.05) is 35.9 Å². The number of halogens is 2. The van der Waals surface area contributed by atoms with Crippen LogP contribution in [-0.2, 0) is 25.9 Å². The van der Waals surface area contributed by atoms with Gasteiger partial charge < -0.3 is 14.8 Å². The SMILES string of the molecule is CCOC(CNCc1ccc(Cl)c(Br)c1)(OCC)S(=O)(=O)c1ccccc1C. The highest BCUT2D eigenvalue weighted by Crippen LogP contribution is 2.31. The molecule has 0 aliphatic carbocycles. The molecule has 2 aromatic carbocycles. The third-order valence-electron chi connectivity index (χ3n) is 4.18. The Morgan fingerprint density at radius 2 is 1.75 bits per heavy atom. The first kappa shape index (κ1) is 23.3. The van der Waals surface area contributed by atoms with Crippen LogP contribution in [0.25, 0.3) is 0 Å². The minimum absolute atomic E-state index is 0.0222. The first-order valence-electron chi connectivity index (χ1n) is 9.00. The summed E-state index contributed by atoms with van der Waals surface area (Å²) in [6, 6.07) is 12.4. The van der Waals surface area contributed by atoms with Gasteiger partial charge in [0, 0.05) is 24.2 Å². The second-order valence-electron chi connectivity index (χ2n) is 6.17. The molecule has 0 heterocycles. The molecule has 28 heavy (non-hydrogen) atoms. The van der Waals surface area contributed by atoms with Crippen molar-refractivity contribution < 1.29 is 17.9 Å². The van der Waals surface area contributed by atoms with E-state index in [9.17, 15) is 8.42 Å². The van der Waals surface area contributed by atoms with Gasteiger partial charge in [0.15, 0.2) is 0 Å². The van der Waals surface area contributed by atoms with Crippen molar-refractivity contribution in [3.8, 4) is 0 Å². The van der Waals surface area contributed by atoms with Crippen molar-refractivity contribution in [1.29, 1.82) is 0 Å². The number of sulfone groups is 1. The van der Waals surface area contributed by atoms with Crippen LogP contribution in [0.5, 0.6) is 0 Å². The lowest BCUT2D eigenvalue weighted by Crippen LogP contribution is -2.52. The number of rotatable bonds is 10. The van der Waals surface area contributed by atoms with Gasteiger partial charge in [0.2, 0.25) is 9.84 Å². The zero-order valence-electron chi connectivity index (χ0n) is 16.2. The number of benzene rings is 2. The summed E-state index contributed by atoms with van der Waals surface area (Å²) in [5, 5.41) is 1.96. The van der Waals surface area contributed by atoms with E-state index in [0.717, 1.165) is 10.0 Å². The lowest BCUT2D eigenvalue weighted by atomic mass is 10.2. The molecule has 2 rings (SSSR count). The number of hydrogen-bond donors (Lipinski definition) is 1. The average molecular weight is 491 g/mol. The molecule has 0 aliphatic rings. The molecular formula is C20H25BrClNO4S. The molecule has 5 nitrogen and oxygen atoms in total. The van der Waals surface area contributed by atoms with E-state index in [-0.39, 0.29) is 24.7 Å². The zero-order chi connectivity index (χ0) is 20.8. The number of aryl methyl sites for hydroxylation is 1. The molecule has 0 aromatic heterocycles. The molecule has 0 spiro atoms. The summed E-state index contributed by atoms with van der Waals surface area (Å²) in [5.41, 5.74) is 1.60. The van der Waals surface area contributed by atoms with Crippen molar-refractivity contribution in [3.05, 3.63) is 63.1 Å². The fourth-order valence-corrected chi connectivity index (χ4v) is 5.34. The maximum Gasteiger partial charge on any atom is 0.291 e. The Morgan fingerprint density at radius 3 is 2.32 bits per heavy atom. The molecule has 0 saturated heterocycles. The minimum atomic E-state index is -3.92. The van der Waals surface area contributed by atoms with E-state index >= 15 is 0 Å². The highest BCUT2D eigenvalue weighted by Gasteiger charge is 2.47. The second kappa shape index (κ2) is 10.2. The molecule has 0 saturated carbocycles. The number of hydrogen-bond acceptors (Lipinski definition) is 5. The highest BCUT2D eigenvalue weighted by molar-refractivity contribution is 9.10. The summed E-state index contributed by atoms with van der Waals surface area (Å²) < 4.78 is 39.2. The van der Waals surface area contributed by atoms with Crippen LogP contribution in [0.4, 0.5) is 0 Å². The van der Waals surface area contributed by atoms with Crippen LogP contribution in [0, 0.1) is 6.92 Å². The van der Waals surface area contributed by atoms with E-state index in [4.69, 9.17) is 21.1 Å². The molecule has 0 radical (unpaired) electrons. The van der Waals surface area contributed by atoms with Gasteiger partial charge >= 0.3 is 0 Å². The predicted octanol–water partition coefficient (Wildman–Crippen LogP) is 4.70. The Bertz CT molecular complexity index is 899. The standard InChI is InChI=1S/C20H25BrClNO4S/c1-4-26-20(27-5-2,28(24,25)19-9-7-6-8-15(19)3)14-23-13-16-10-11-18(22)17(21)12-16/h6-12,23H,4-5,13-14H2,1-3H3. The summed E-state index contributed by atoms with van der Waals surface area (Å²) >= 11 is 9.42. The maximum atomic E-state index is 13.5. The summed E-state index contributed by atoms with van der Waals surface area (Å²) in [4.78, 5) is 0.202. The van der Waals surface area contributed by atoms with Crippen molar-refractivity contribution >= 4 is 37.4 Å². The molecule has 8 heteroatoms. The molecule has 1 N–H and O–H groups in total. The van der Waals surface area contributed by atoms with Gasteiger partial charge in [-0.15, -0.1) is 0 Å². The molecule has 0 unspecified atom stereocenters. The first-order valence-corrected chi connectivity index (χ1v) is 11.7. The van der Waals surface area contributed by atoms with E-state index in [2.05, 4.69) is 21.2 Å². The van der Waals surface area contributed by atoms with Gasteiger partial charge in [-0.25, -0.2) is 8.42 Å². The molecule has 0 atom stereocenters. The summed E-state index contributed by atoms with van der Waals surface area (Å²) in [6.07, 6.45) is 0.